The number of ether oxygens (including phenoxy) is 1. The van der Waals surface area contributed by atoms with Crippen LogP contribution < -0.4 is 5.32 Å². The Bertz CT molecular complexity index is 1600. The fraction of sp³-hybridized carbons (Fsp3) is 0.579. The molecule has 266 valence electrons. The maximum Gasteiger partial charge on any atom is 0.411 e. The van der Waals surface area contributed by atoms with E-state index >= 15 is 0 Å². The van der Waals surface area contributed by atoms with E-state index < -0.39 is 13.9 Å². The lowest BCUT2D eigenvalue weighted by Crippen LogP contribution is -2.51. The molecule has 0 bridgehead atoms. The number of hydrogen-bond donors (Lipinski definition) is 2. The number of thiophene rings is 1. The van der Waals surface area contributed by atoms with Crippen LogP contribution in [-0.4, -0.2) is 71.1 Å². The van der Waals surface area contributed by atoms with Gasteiger partial charge >= 0.3 is 6.09 Å². The van der Waals surface area contributed by atoms with Gasteiger partial charge in [0, 0.05) is 31.3 Å². The van der Waals surface area contributed by atoms with Crippen LogP contribution in [0.25, 0.3) is 0 Å². The average Bonchev–Trinajstić information content (AvgIpc) is 3.68. The van der Waals surface area contributed by atoms with E-state index in [1.165, 1.54) is 23.2 Å². The summed E-state index contributed by atoms with van der Waals surface area (Å²) in [6.07, 6.45) is 4.78. The highest BCUT2D eigenvalue weighted by Crippen LogP contribution is 2.46. The Morgan fingerprint density at radius 2 is 1.78 bits per heavy atom. The number of carbonyl (C=O) groups is 2. The molecule has 3 heterocycles. The highest BCUT2D eigenvalue weighted by Gasteiger charge is 2.49. The van der Waals surface area contributed by atoms with E-state index in [0.717, 1.165) is 30.4 Å². The van der Waals surface area contributed by atoms with Crippen LogP contribution in [0.5, 0.6) is 0 Å². The Morgan fingerprint density at radius 1 is 1.08 bits per heavy atom. The quantitative estimate of drug-likeness (QED) is 0.151. The number of ketones is 1. The number of nitrogens with one attached hydrogen (secondary N) is 1. The van der Waals surface area contributed by atoms with Gasteiger partial charge in [-0.3, -0.25) is 9.69 Å². The zero-order valence-electron chi connectivity index (χ0n) is 30.5. The minimum atomic E-state index is -2.15. The summed E-state index contributed by atoms with van der Waals surface area (Å²) in [5, 5.41) is 15.9. The van der Waals surface area contributed by atoms with Crippen molar-refractivity contribution in [1.29, 1.82) is 0 Å². The van der Waals surface area contributed by atoms with Crippen LogP contribution in [0.1, 0.15) is 113 Å². The maximum atomic E-state index is 14.1. The molecule has 0 spiro atoms. The minimum Gasteiger partial charge on any atom is -0.444 e. The Labute approximate surface area is 297 Å². The first-order valence-electron chi connectivity index (χ1n) is 17.7. The summed E-state index contributed by atoms with van der Waals surface area (Å²) in [5.41, 5.74) is 4.19. The molecule has 1 aromatic carbocycles. The van der Waals surface area contributed by atoms with Gasteiger partial charge in [-0.2, -0.15) is 0 Å². The summed E-state index contributed by atoms with van der Waals surface area (Å²) in [6, 6.07) is 9.67. The molecule has 4 atom stereocenters. The Morgan fingerprint density at radius 3 is 2.43 bits per heavy atom. The molecule has 2 aliphatic rings. The fourth-order valence-corrected chi connectivity index (χ4v) is 14.7. The molecule has 5 rings (SSSR count). The highest BCUT2D eigenvalue weighted by atomic mass is 32.1. The molecule has 1 saturated carbocycles. The second kappa shape index (κ2) is 15.0. The van der Waals surface area contributed by atoms with Gasteiger partial charge in [0.1, 0.15) is 17.7 Å². The van der Waals surface area contributed by atoms with Gasteiger partial charge in [0.15, 0.2) is 0 Å². The van der Waals surface area contributed by atoms with E-state index in [1.807, 2.05) is 44.4 Å². The Balaban J connectivity index is 1.38. The second-order valence-electron chi connectivity index (χ2n) is 15.6. The number of aliphatic hydroxyl groups is 1. The van der Waals surface area contributed by atoms with Crippen LogP contribution in [0.4, 0.5) is 10.6 Å². The van der Waals surface area contributed by atoms with Crippen molar-refractivity contribution in [2.45, 2.75) is 122 Å². The largest absolute Gasteiger partial charge is 0.444 e. The zero-order valence-corrected chi connectivity index (χ0v) is 32.3. The van der Waals surface area contributed by atoms with Gasteiger partial charge in [0.05, 0.1) is 22.6 Å². The van der Waals surface area contributed by atoms with Crippen LogP contribution in [0.3, 0.4) is 0 Å². The van der Waals surface area contributed by atoms with E-state index in [0.29, 0.717) is 39.4 Å². The first-order valence-corrected chi connectivity index (χ1v) is 20.7. The van der Waals surface area contributed by atoms with Crippen molar-refractivity contribution in [2.75, 3.05) is 18.5 Å². The summed E-state index contributed by atoms with van der Waals surface area (Å²) in [6.45, 7) is 19.9. The molecule has 1 aliphatic heterocycles. The number of rotatable bonds is 11. The molecule has 9 nitrogen and oxygen atoms in total. The summed E-state index contributed by atoms with van der Waals surface area (Å²) < 4.78 is 13.0. The Hall–Kier alpha value is -3.12. The van der Waals surface area contributed by atoms with Gasteiger partial charge in [-0.05, 0) is 84.8 Å². The summed E-state index contributed by atoms with van der Waals surface area (Å²) >= 11 is 1.36. The lowest BCUT2D eigenvalue weighted by atomic mass is 9.89. The molecule has 0 radical (unpaired) electrons. The second-order valence-corrected chi connectivity index (χ2v) is 21.9. The van der Waals surface area contributed by atoms with Crippen LogP contribution >= 0.6 is 11.3 Å². The molecule has 49 heavy (non-hydrogen) atoms. The molecule has 11 heteroatoms. The van der Waals surface area contributed by atoms with Crippen molar-refractivity contribution in [1.82, 2.24) is 14.9 Å². The summed E-state index contributed by atoms with van der Waals surface area (Å²) in [5.74, 6) is 0.311. The van der Waals surface area contributed by atoms with Gasteiger partial charge in [-0.25, -0.2) is 14.8 Å². The first-order chi connectivity index (χ1) is 23.2. The monoisotopic (exact) mass is 706 g/mol. The maximum absolute atomic E-state index is 14.1. The van der Waals surface area contributed by atoms with Gasteiger partial charge in [0.2, 0.25) is 14.1 Å². The van der Waals surface area contributed by atoms with Crippen LogP contribution in [-0.2, 0) is 15.6 Å². The van der Waals surface area contributed by atoms with Crippen molar-refractivity contribution in [3.8, 4) is 0 Å². The number of anilines is 1. The molecule has 3 aromatic rings. The zero-order chi connectivity index (χ0) is 35.7. The van der Waals surface area contributed by atoms with Gasteiger partial charge in [-0.15, -0.1) is 11.3 Å². The molecule has 0 saturated heterocycles. The van der Waals surface area contributed by atoms with Crippen LogP contribution in [0.2, 0.25) is 16.6 Å². The number of carbonyl (C=O) groups excluding carboxylic acids is 2. The lowest BCUT2D eigenvalue weighted by Gasteiger charge is -2.45. The third-order valence-corrected chi connectivity index (χ3v) is 17.4. The lowest BCUT2D eigenvalue weighted by molar-refractivity contribution is 0.0178. The Kier molecular flexibility index (Phi) is 11.4. The molecule has 1 aliphatic carbocycles. The minimum absolute atomic E-state index is 0.00718. The predicted molar refractivity (Wildman–Crippen MR) is 198 cm³/mol. The molecule has 1 amide bonds. The molecule has 0 unspecified atom stereocenters. The smallest absolute Gasteiger partial charge is 0.411 e. The van der Waals surface area contributed by atoms with Crippen LogP contribution in [0.15, 0.2) is 48.2 Å². The standard InChI is InChI=1S/C38H54N4O5SSi/c1-23(2)49(24(3)4,25(5)6)47-32-18-29(16-27(32)20-43)41-36-31(19-39-22-40-36)35(44)33-17-28(21-48-33)34-30-13-11-10-12-26(30)14-15-42(34)37(45)46-38(7,8)9/h10-13,17,19,21-25,27,29,32,34,43H,14-16,18,20H2,1-9H3,(H,39,40,41)/t27-,29-,32+,34+/m1/s1. The highest BCUT2D eigenvalue weighted by molar-refractivity contribution is 7.12. The molecular weight excluding hydrogens is 653 g/mol. The fourth-order valence-electron chi connectivity index (χ4n) is 8.20. The number of fused-ring (bicyclic) bond motifs is 1. The third kappa shape index (κ3) is 7.80. The number of nitrogens with zero attached hydrogens (tertiary/aromatic N) is 3. The van der Waals surface area contributed by atoms with E-state index in [2.05, 4.69) is 69.0 Å². The summed E-state index contributed by atoms with van der Waals surface area (Å²) in [7, 11) is -2.15. The first kappa shape index (κ1) is 37.1. The number of amides is 1. The van der Waals surface area contributed by atoms with Gasteiger partial charge < -0.3 is 19.6 Å². The van der Waals surface area contributed by atoms with Crippen molar-refractivity contribution in [3.63, 3.8) is 0 Å². The normalized spacial score (nSPS) is 21.4. The topological polar surface area (TPSA) is 114 Å². The predicted octanol–water partition coefficient (Wildman–Crippen LogP) is 8.40. The van der Waals surface area contributed by atoms with Crippen molar-refractivity contribution in [2.24, 2.45) is 5.92 Å². The average molecular weight is 707 g/mol. The molecular formula is C38H54N4O5SSi. The SMILES string of the molecule is CC(C)[Si](O[C@H]1C[C@H](Nc2ncncc2C(=O)c2cc([C@H]3c4ccccc4CCN3C(=O)OC(C)(C)C)cs2)C[C@@H]1CO)(C(C)C)C(C)C. The number of aromatic nitrogens is 2. The third-order valence-electron chi connectivity index (χ3n) is 10.3. The van der Waals surface area contributed by atoms with Crippen molar-refractivity contribution in [3.05, 3.63) is 75.4 Å². The van der Waals surface area contributed by atoms with Gasteiger partial charge in [0.25, 0.3) is 0 Å². The molecule has 2 N–H and O–H groups in total. The number of aliphatic hydroxyl groups excluding tert-OH is 1. The van der Waals surface area contributed by atoms with E-state index in [-0.39, 0.29) is 42.6 Å². The van der Waals surface area contributed by atoms with Crippen LogP contribution in [0, 0.1) is 5.92 Å². The van der Waals surface area contributed by atoms with Crippen molar-refractivity contribution < 1.29 is 23.9 Å². The van der Waals surface area contributed by atoms with E-state index in [9.17, 15) is 14.7 Å². The molecule has 2 aromatic heterocycles. The van der Waals surface area contributed by atoms with E-state index in [4.69, 9.17) is 9.16 Å². The van der Waals surface area contributed by atoms with Crippen molar-refractivity contribution >= 4 is 37.3 Å². The van der Waals surface area contributed by atoms with E-state index in [1.54, 1.807) is 11.1 Å². The molecule has 1 fully saturated rings. The number of hydrogen-bond acceptors (Lipinski definition) is 9. The number of benzene rings is 1. The summed E-state index contributed by atoms with van der Waals surface area (Å²) in [4.78, 5) is 38.6. The van der Waals surface area contributed by atoms with Gasteiger partial charge in [-0.1, -0.05) is 65.8 Å².